The van der Waals surface area contributed by atoms with Crippen molar-refractivity contribution in [1.82, 2.24) is 0 Å². The Balaban J connectivity index is 2.37. The van der Waals surface area contributed by atoms with E-state index in [9.17, 15) is 8.78 Å². The molecule has 0 aliphatic heterocycles. The average molecular weight is 301 g/mol. The van der Waals surface area contributed by atoms with Gasteiger partial charge in [-0.15, -0.1) is 11.6 Å². The lowest BCUT2D eigenvalue weighted by atomic mass is 10.0. The summed E-state index contributed by atoms with van der Waals surface area (Å²) in [6.45, 7) is 2.05. The van der Waals surface area contributed by atoms with Crippen LogP contribution in [0.4, 0.5) is 8.78 Å². The summed E-state index contributed by atoms with van der Waals surface area (Å²) in [5.74, 6) is -1.92. The molecule has 0 aliphatic carbocycles. The highest BCUT2D eigenvalue weighted by atomic mass is 35.5. The summed E-state index contributed by atoms with van der Waals surface area (Å²) in [4.78, 5) is 0. The van der Waals surface area contributed by atoms with Crippen LogP contribution in [0.1, 0.15) is 29.0 Å². The average Bonchev–Trinajstić information content (AvgIpc) is 2.42. The Labute approximate surface area is 121 Å². The minimum absolute atomic E-state index is 0.124. The van der Waals surface area contributed by atoms with Crippen LogP contribution in [0.15, 0.2) is 36.4 Å². The molecular formula is C15H12Cl2F2. The van der Waals surface area contributed by atoms with Crippen LogP contribution in [0.5, 0.6) is 0 Å². The fourth-order valence-electron chi connectivity index (χ4n) is 1.83. The fourth-order valence-corrected chi connectivity index (χ4v) is 2.48. The molecule has 0 heterocycles. The Bertz CT molecular complexity index is 579. The number of alkyl halides is 1. The van der Waals surface area contributed by atoms with Gasteiger partial charge >= 0.3 is 0 Å². The van der Waals surface area contributed by atoms with E-state index in [1.54, 1.807) is 0 Å². The van der Waals surface area contributed by atoms with E-state index in [2.05, 4.69) is 6.92 Å². The van der Waals surface area contributed by atoms with Gasteiger partial charge in [0.15, 0.2) is 11.6 Å². The van der Waals surface area contributed by atoms with Gasteiger partial charge in [0.05, 0.1) is 5.38 Å². The first-order valence-electron chi connectivity index (χ1n) is 5.90. The predicted molar refractivity (Wildman–Crippen MR) is 74.9 cm³/mol. The Morgan fingerprint density at radius 2 is 1.63 bits per heavy atom. The van der Waals surface area contributed by atoms with Crippen molar-refractivity contribution in [2.45, 2.75) is 18.7 Å². The van der Waals surface area contributed by atoms with Crippen LogP contribution in [-0.4, -0.2) is 0 Å². The maximum atomic E-state index is 13.3. The number of hydrogen-bond donors (Lipinski definition) is 0. The van der Waals surface area contributed by atoms with E-state index >= 15 is 0 Å². The lowest BCUT2D eigenvalue weighted by Gasteiger charge is -2.13. The monoisotopic (exact) mass is 300 g/mol. The smallest absolute Gasteiger partial charge is 0.160 e. The largest absolute Gasteiger partial charge is 0.204 e. The highest BCUT2D eigenvalue weighted by Gasteiger charge is 2.17. The van der Waals surface area contributed by atoms with Crippen LogP contribution >= 0.6 is 23.2 Å². The van der Waals surface area contributed by atoms with Gasteiger partial charge < -0.3 is 0 Å². The number of hydrogen-bond acceptors (Lipinski definition) is 0. The van der Waals surface area contributed by atoms with Crippen LogP contribution in [0.3, 0.4) is 0 Å². The van der Waals surface area contributed by atoms with Crippen molar-refractivity contribution >= 4 is 23.2 Å². The highest BCUT2D eigenvalue weighted by Crippen LogP contribution is 2.34. The number of rotatable bonds is 3. The van der Waals surface area contributed by atoms with Gasteiger partial charge in [-0.1, -0.05) is 42.8 Å². The lowest BCUT2D eigenvalue weighted by molar-refractivity contribution is 0.507. The third-order valence-corrected chi connectivity index (χ3v) is 3.81. The minimum Gasteiger partial charge on any atom is -0.204 e. The Morgan fingerprint density at radius 1 is 1.05 bits per heavy atom. The molecule has 100 valence electrons. The quantitative estimate of drug-likeness (QED) is 0.518. The summed E-state index contributed by atoms with van der Waals surface area (Å²) in [5, 5.41) is -0.480. The third kappa shape index (κ3) is 3.07. The molecule has 0 radical (unpaired) electrons. The van der Waals surface area contributed by atoms with Crippen LogP contribution in [0.2, 0.25) is 5.02 Å². The molecule has 1 unspecified atom stereocenters. The van der Waals surface area contributed by atoms with Gasteiger partial charge in [0.1, 0.15) is 0 Å². The molecule has 2 aromatic carbocycles. The zero-order valence-corrected chi connectivity index (χ0v) is 11.8. The van der Waals surface area contributed by atoms with Gasteiger partial charge in [0, 0.05) is 5.02 Å². The van der Waals surface area contributed by atoms with E-state index in [1.165, 1.54) is 5.56 Å². The van der Waals surface area contributed by atoms with E-state index in [-0.39, 0.29) is 5.02 Å². The predicted octanol–water partition coefficient (Wildman–Crippen LogP) is 5.51. The minimum atomic E-state index is -0.973. The molecular weight excluding hydrogens is 289 g/mol. The molecule has 19 heavy (non-hydrogen) atoms. The van der Waals surface area contributed by atoms with Crippen molar-refractivity contribution < 1.29 is 8.78 Å². The highest BCUT2D eigenvalue weighted by molar-refractivity contribution is 6.33. The molecule has 0 fully saturated rings. The first kappa shape index (κ1) is 14.3. The molecule has 0 nitrogen and oxygen atoms in total. The molecule has 2 rings (SSSR count). The Hall–Kier alpha value is -1.12. The van der Waals surface area contributed by atoms with E-state index in [0.29, 0.717) is 5.56 Å². The third-order valence-electron chi connectivity index (χ3n) is 2.99. The first-order valence-corrected chi connectivity index (χ1v) is 6.71. The zero-order chi connectivity index (χ0) is 14.0. The molecule has 1 atom stereocenters. The molecule has 0 saturated heterocycles. The SMILES string of the molecule is CCc1ccc(C(Cl)c2cc(F)c(F)cc2Cl)cc1. The summed E-state index contributed by atoms with van der Waals surface area (Å²) >= 11 is 12.2. The Kier molecular flexibility index (Phi) is 4.43. The van der Waals surface area contributed by atoms with E-state index in [4.69, 9.17) is 23.2 Å². The normalized spacial score (nSPS) is 12.5. The summed E-state index contributed by atoms with van der Waals surface area (Å²) in [6.07, 6.45) is 0.930. The topological polar surface area (TPSA) is 0 Å². The van der Waals surface area contributed by atoms with Gasteiger partial charge in [-0.25, -0.2) is 8.78 Å². The standard InChI is InChI=1S/C15H12Cl2F2/c1-2-9-3-5-10(6-4-9)15(17)11-7-13(18)14(19)8-12(11)16/h3-8,15H,2H2,1H3. The molecule has 0 aliphatic rings. The van der Waals surface area contributed by atoms with Crippen molar-refractivity contribution in [3.63, 3.8) is 0 Å². The molecule has 4 heteroatoms. The second-order valence-electron chi connectivity index (χ2n) is 4.25. The van der Waals surface area contributed by atoms with Crippen molar-refractivity contribution in [3.8, 4) is 0 Å². The van der Waals surface area contributed by atoms with E-state index < -0.39 is 17.0 Å². The van der Waals surface area contributed by atoms with Gasteiger partial charge in [0.25, 0.3) is 0 Å². The summed E-state index contributed by atoms with van der Waals surface area (Å²) in [6, 6.07) is 9.64. The van der Waals surface area contributed by atoms with Gasteiger partial charge in [-0.3, -0.25) is 0 Å². The van der Waals surface area contributed by atoms with Crippen molar-refractivity contribution in [2.75, 3.05) is 0 Å². The van der Waals surface area contributed by atoms with E-state index in [0.717, 1.165) is 24.1 Å². The summed E-state index contributed by atoms with van der Waals surface area (Å²) in [5.41, 5.74) is 2.35. The molecule has 0 saturated carbocycles. The number of benzene rings is 2. The van der Waals surface area contributed by atoms with Crippen LogP contribution in [0.25, 0.3) is 0 Å². The molecule has 0 spiro atoms. The maximum absolute atomic E-state index is 13.3. The van der Waals surface area contributed by atoms with Crippen molar-refractivity contribution in [3.05, 3.63) is 69.7 Å². The lowest BCUT2D eigenvalue weighted by Crippen LogP contribution is -1.97. The van der Waals surface area contributed by atoms with Gasteiger partial charge in [-0.2, -0.15) is 0 Å². The molecule has 2 aromatic rings. The van der Waals surface area contributed by atoms with Crippen LogP contribution in [0, 0.1) is 11.6 Å². The van der Waals surface area contributed by atoms with Gasteiger partial charge in [0.2, 0.25) is 0 Å². The second kappa shape index (κ2) is 5.89. The van der Waals surface area contributed by atoms with E-state index in [1.807, 2.05) is 24.3 Å². The van der Waals surface area contributed by atoms with Crippen LogP contribution < -0.4 is 0 Å². The second-order valence-corrected chi connectivity index (χ2v) is 5.09. The fraction of sp³-hybridized carbons (Fsp3) is 0.200. The maximum Gasteiger partial charge on any atom is 0.160 e. The molecule has 0 N–H and O–H groups in total. The summed E-state index contributed by atoms with van der Waals surface area (Å²) in [7, 11) is 0. The Morgan fingerprint density at radius 3 is 2.21 bits per heavy atom. The zero-order valence-electron chi connectivity index (χ0n) is 10.3. The molecule has 0 amide bonds. The van der Waals surface area contributed by atoms with Crippen molar-refractivity contribution in [2.24, 2.45) is 0 Å². The molecule has 0 aromatic heterocycles. The number of aryl methyl sites for hydroxylation is 1. The summed E-state index contributed by atoms with van der Waals surface area (Å²) < 4.78 is 26.3. The van der Waals surface area contributed by atoms with Crippen molar-refractivity contribution in [1.29, 1.82) is 0 Å². The van der Waals surface area contributed by atoms with Gasteiger partial charge in [-0.05, 0) is 35.2 Å². The molecule has 0 bridgehead atoms. The first-order chi connectivity index (χ1) is 9.02. The number of halogens is 4. The van der Waals surface area contributed by atoms with Crippen LogP contribution in [-0.2, 0) is 6.42 Å².